The first kappa shape index (κ1) is 19.0. The third-order valence-corrected chi connectivity index (χ3v) is 5.31. The number of likely N-dealkylation sites (tertiary alicyclic amines) is 1. The number of hydrogen-bond donors (Lipinski definition) is 1. The Balaban J connectivity index is 1.57. The van der Waals surface area contributed by atoms with Gasteiger partial charge in [0.05, 0.1) is 23.6 Å². The third-order valence-electron chi connectivity index (χ3n) is 5.31. The first-order valence-electron chi connectivity index (χ1n) is 9.88. The monoisotopic (exact) mass is 391 g/mol. The molecule has 3 aromatic rings. The van der Waals surface area contributed by atoms with Gasteiger partial charge in [0.1, 0.15) is 0 Å². The molecule has 29 heavy (non-hydrogen) atoms. The first-order chi connectivity index (χ1) is 14.0. The molecule has 3 heterocycles. The molecule has 1 saturated heterocycles. The topological polar surface area (TPSA) is 88.8 Å². The van der Waals surface area contributed by atoms with Crippen molar-refractivity contribution in [1.82, 2.24) is 29.9 Å². The molecule has 4 rings (SSSR count). The van der Waals surface area contributed by atoms with Gasteiger partial charge in [0, 0.05) is 30.0 Å². The molecule has 0 radical (unpaired) electrons. The number of piperidine rings is 1. The molecule has 2 atom stereocenters. The molecule has 1 fully saturated rings. The van der Waals surface area contributed by atoms with Crippen LogP contribution in [0, 0.1) is 13.8 Å². The van der Waals surface area contributed by atoms with Gasteiger partial charge in [0.25, 0.3) is 5.91 Å². The minimum atomic E-state index is -0.0155. The summed E-state index contributed by atoms with van der Waals surface area (Å²) in [6.07, 6.45) is 5.09. The maximum absolute atomic E-state index is 13.4. The van der Waals surface area contributed by atoms with Gasteiger partial charge >= 0.3 is 0 Å². The van der Waals surface area contributed by atoms with Crippen LogP contribution in [0.1, 0.15) is 41.5 Å². The lowest BCUT2D eigenvalue weighted by atomic mass is 9.96. The fraction of sp³-hybridized carbons (Fsp3) is 0.381. The average molecular weight is 391 g/mol. The summed E-state index contributed by atoms with van der Waals surface area (Å²) < 4.78 is 0. The number of rotatable bonds is 4. The maximum atomic E-state index is 13.4. The number of aromatic nitrogens is 5. The van der Waals surface area contributed by atoms with Gasteiger partial charge < -0.3 is 10.2 Å². The van der Waals surface area contributed by atoms with Crippen LogP contribution in [-0.2, 0) is 0 Å². The van der Waals surface area contributed by atoms with Gasteiger partial charge in [-0.3, -0.25) is 4.79 Å². The number of anilines is 1. The Labute approximate surface area is 170 Å². The van der Waals surface area contributed by atoms with Gasteiger partial charge in [-0.15, -0.1) is 0 Å². The molecule has 1 aliphatic heterocycles. The molecule has 0 saturated carbocycles. The van der Waals surface area contributed by atoms with Crippen molar-refractivity contribution in [3.63, 3.8) is 0 Å². The minimum absolute atomic E-state index is 0.000643. The highest BCUT2D eigenvalue weighted by molar-refractivity contribution is 5.98. The molecule has 1 aromatic carbocycles. The normalized spacial score (nSPS) is 19.2. The summed E-state index contributed by atoms with van der Waals surface area (Å²) in [6.45, 7) is 6.71. The highest BCUT2D eigenvalue weighted by Gasteiger charge is 2.33. The number of nitrogens with zero attached hydrogens (tertiary/aromatic N) is 6. The average Bonchev–Trinajstić information content (AvgIpc) is 3.23. The van der Waals surface area contributed by atoms with Crippen molar-refractivity contribution in [2.75, 3.05) is 11.9 Å². The molecule has 1 unspecified atom stereocenters. The van der Waals surface area contributed by atoms with Crippen molar-refractivity contribution in [1.29, 1.82) is 0 Å². The quantitative estimate of drug-likeness (QED) is 0.736. The van der Waals surface area contributed by atoms with Crippen molar-refractivity contribution in [2.24, 2.45) is 0 Å². The van der Waals surface area contributed by atoms with Crippen LogP contribution >= 0.6 is 0 Å². The fourth-order valence-electron chi connectivity index (χ4n) is 3.90. The number of benzene rings is 1. The smallest absolute Gasteiger partial charge is 0.256 e. The van der Waals surface area contributed by atoms with E-state index >= 15 is 0 Å². The standard InChI is InChI=1S/C21H25N7O/c1-14-13-15(2)25-21(24-14)26-18-8-6-12-27(16(18)3)20(29)17-7-4-5-9-19(17)28-22-10-11-23-28/h4-5,7,9-11,13,16,18H,6,8,12H2,1-3H3,(H,24,25,26)/t16-,18?/m0/s1. The third kappa shape index (κ3) is 3.96. The van der Waals surface area contributed by atoms with E-state index < -0.39 is 0 Å². The molecule has 1 N–H and O–H groups in total. The lowest BCUT2D eigenvalue weighted by Gasteiger charge is -2.40. The van der Waals surface area contributed by atoms with E-state index in [-0.39, 0.29) is 18.0 Å². The number of aryl methyl sites for hydroxylation is 2. The first-order valence-corrected chi connectivity index (χ1v) is 9.88. The van der Waals surface area contributed by atoms with E-state index in [1.165, 1.54) is 4.80 Å². The SMILES string of the molecule is Cc1cc(C)nc(NC2CCCN(C(=O)c3ccccc3-n3nccn3)[C@H]2C)n1. The molecule has 0 spiro atoms. The Morgan fingerprint density at radius 3 is 2.52 bits per heavy atom. The number of carbonyl (C=O) groups excluding carboxylic acids is 1. The molecule has 8 heteroatoms. The maximum Gasteiger partial charge on any atom is 0.256 e. The van der Waals surface area contributed by atoms with E-state index in [1.807, 2.05) is 49.1 Å². The van der Waals surface area contributed by atoms with Crippen molar-refractivity contribution in [3.05, 3.63) is 59.7 Å². The van der Waals surface area contributed by atoms with Crippen LogP contribution in [0.25, 0.3) is 5.69 Å². The van der Waals surface area contributed by atoms with E-state index in [0.717, 1.165) is 24.2 Å². The predicted octanol–water partition coefficient (Wildman–Crippen LogP) is 2.78. The van der Waals surface area contributed by atoms with Gasteiger partial charge in [-0.25, -0.2) is 9.97 Å². The van der Waals surface area contributed by atoms with Crippen molar-refractivity contribution in [2.45, 2.75) is 45.7 Å². The lowest BCUT2D eigenvalue weighted by Crippen LogP contribution is -2.52. The molecule has 150 valence electrons. The minimum Gasteiger partial charge on any atom is -0.349 e. The van der Waals surface area contributed by atoms with Crippen LogP contribution in [0.15, 0.2) is 42.7 Å². The van der Waals surface area contributed by atoms with Crippen LogP contribution in [0.3, 0.4) is 0 Å². The largest absolute Gasteiger partial charge is 0.349 e. The van der Waals surface area contributed by atoms with Crippen LogP contribution < -0.4 is 5.32 Å². The molecule has 0 aliphatic carbocycles. The second-order valence-corrected chi connectivity index (χ2v) is 7.44. The molecule has 2 aromatic heterocycles. The van der Waals surface area contributed by atoms with Gasteiger partial charge in [-0.05, 0) is 51.8 Å². The number of nitrogens with one attached hydrogen (secondary N) is 1. The molecular formula is C21H25N7O. The van der Waals surface area contributed by atoms with Crippen LogP contribution in [0.2, 0.25) is 0 Å². The van der Waals surface area contributed by atoms with Gasteiger partial charge in [0.2, 0.25) is 5.95 Å². The summed E-state index contributed by atoms with van der Waals surface area (Å²) in [5.74, 6) is 0.605. The second kappa shape index (κ2) is 7.98. The number of para-hydroxylation sites is 1. The van der Waals surface area contributed by atoms with Gasteiger partial charge in [-0.2, -0.15) is 15.0 Å². The Hall–Kier alpha value is -3.29. The van der Waals surface area contributed by atoms with Crippen molar-refractivity contribution in [3.8, 4) is 5.69 Å². The zero-order valence-electron chi connectivity index (χ0n) is 16.9. The Morgan fingerprint density at radius 2 is 1.79 bits per heavy atom. The molecule has 1 amide bonds. The highest BCUT2D eigenvalue weighted by Crippen LogP contribution is 2.24. The molecule has 8 nitrogen and oxygen atoms in total. The number of hydrogen-bond acceptors (Lipinski definition) is 6. The zero-order chi connectivity index (χ0) is 20.4. The van der Waals surface area contributed by atoms with E-state index in [4.69, 9.17) is 0 Å². The number of carbonyl (C=O) groups is 1. The molecule has 1 aliphatic rings. The summed E-state index contributed by atoms with van der Waals surface area (Å²) in [4.78, 5) is 25.8. The molecule has 0 bridgehead atoms. The number of amides is 1. The Morgan fingerprint density at radius 1 is 1.10 bits per heavy atom. The van der Waals surface area contributed by atoms with E-state index in [0.29, 0.717) is 23.7 Å². The predicted molar refractivity (Wildman–Crippen MR) is 110 cm³/mol. The second-order valence-electron chi connectivity index (χ2n) is 7.44. The Kier molecular flexibility index (Phi) is 5.24. The van der Waals surface area contributed by atoms with Gasteiger partial charge in [-0.1, -0.05) is 12.1 Å². The van der Waals surface area contributed by atoms with Crippen molar-refractivity contribution >= 4 is 11.9 Å². The van der Waals surface area contributed by atoms with E-state index in [1.54, 1.807) is 12.4 Å². The molecular weight excluding hydrogens is 366 g/mol. The van der Waals surface area contributed by atoms with Crippen LogP contribution in [0.5, 0.6) is 0 Å². The highest BCUT2D eigenvalue weighted by atomic mass is 16.2. The van der Waals surface area contributed by atoms with Crippen LogP contribution in [0.4, 0.5) is 5.95 Å². The lowest BCUT2D eigenvalue weighted by molar-refractivity contribution is 0.0616. The summed E-state index contributed by atoms with van der Waals surface area (Å²) >= 11 is 0. The fourth-order valence-corrected chi connectivity index (χ4v) is 3.90. The van der Waals surface area contributed by atoms with E-state index in [9.17, 15) is 4.79 Å². The summed E-state index contributed by atoms with van der Waals surface area (Å²) in [5.41, 5.74) is 3.13. The summed E-state index contributed by atoms with van der Waals surface area (Å²) in [7, 11) is 0. The van der Waals surface area contributed by atoms with Crippen molar-refractivity contribution < 1.29 is 4.79 Å². The van der Waals surface area contributed by atoms with Crippen LogP contribution in [-0.4, -0.2) is 54.4 Å². The van der Waals surface area contributed by atoms with E-state index in [2.05, 4.69) is 32.4 Å². The summed E-state index contributed by atoms with van der Waals surface area (Å²) in [5, 5.41) is 11.8. The summed E-state index contributed by atoms with van der Waals surface area (Å²) in [6, 6.07) is 9.48. The van der Waals surface area contributed by atoms with Gasteiger partial charge in [0.15, 0.2) is 0 Å². The Bertz CT molecular complexity index is 982. The zero-order valence-corrected chi connectivity index (χ0v) is 16.9.